The molecule has 0 atom stereocenters. The Morgan fingerprint density at radius 3 is 2.55 bits per heavy atom. The van der Waals surface area contributed by atoms with Gasteiger partial charge in [0.15, 0.2) is 0 Å². The molecule has 0 heterocycles. The summed E-state index contributed by atoms with van der Waals surface area (Å²) in [6.07, 6.45) is 0.955. The lowest BCUT2D eigenvalue weighted by molar-refractivity contribution is 1.13. The van der Waals surface area contributed by atoms with Crippen LogP contribution in [-0.4, -0.2) is 0 Å². The Bertz CT molecular complexity index is 271. The molecule has 1 rings (SSSR count). The molecule has 0 nitrogen and oxygen atoms in total. The minimum atomic E-state index is 0.815. The molecule has 0 unspecified atom stereocenters. The van der Waals surface area contributed by atoms with Crippen molar-refractivity contribution in [1.82, 2.24) is 0 Å². The van der Waals surface area contributed by atoms with Crippen molar-refractivity contribution in [2.24, 2.45) is 0 Å². The van der Waals surface area contributed by atoms with Crippen LogP contribution in [0.2, 0.25) is 5.02 Å². The number of halogens is 3. The van der Waals surface area contributed by atoms with Crippen molar-refractivity contribution in [3.8, 4) is 0 Å². The quantitative estimate of drug-likeness (QED) is 0.673. The number of hydrogen-bond donors (Lipinski definition) is 0. The fourth-order valence-electron chi connectivity index (χ4n) is 0.867. The second-order valence-electron chi connectivity index (χ2n) is 2.21. The molecule has 0 radical (unpaired) electrons. The molecule has 0 aromatic heterocycles. The maximum absolute atomic E-state index is 6.00. The van der Waals surface area contributed by atoms with Crippen LogP contribution in [0, 0.1) is 0 Å². The second kappa shape index (κ2) is 3.92. The summed E-state index contributed by atoms with van der Waals surface area (Å²) in [5, 5.41) is 0.815. The highest BCUT2D eigenvalue weighted by Gasteiger charge is 2.03. The standard InChI is InChI=1S/C8H7Br2Cl/c1-2-5-3-6(9)4-7(10)8(5)11/h3-4H,2H2,1H3. The molecule has 0 aliphatic heterocycles. The lowest BCUT2D eigenvalue weighted by Gasteiger charge is -2.03. The van der Waals surface area contributed by atoms with Gasteiger partial charge in [-0.3, -0.25) is 0 Å². The summed E-state index contributed by atoms with van der Waals surface area (Å²) in [7, 11) is 0. The first-order chi connectivity index (χ1) is 5.15. The molecule has 1 aromatic rings. The van der Waals surface area contributed by atoms with Crippen LogP contribution in [0.3, 0.4) is 0 Å². The fourth-order valence-corrected chi connectivity index (χ4v) is 2.42. The van der Waals surface area contributed by atoms with Crippen LogP contribution in [0.5, 0.6) is 0 Å². The lowest BCUT2D eigenvalue weighted by atomic mass is 10.2. The molecule has 3 heteroatoms. The van der Waals surface area contributed by atoms with Crippen molar-refractivity contribution in [2.75, 3.05) is 0 Å². The lowest BCUT2D eigenvalue weighted by Crippen LogP contribution is -1.83. The van der Waals surface area contributed by atoms with Crippen molar-refractivity contribution in [3.63, 3.8) is 0 Å². The molecule has 0 aliphatic rings. The zero-order valence-electron chi connectivity index (χ0n) is 6.00. The molecule has 0 spiro atoms. The Labute approximate surface area is 88.2 Å². The van der Waals surface area contributed by atoms with Crippen molar-refractivity contribution >= 4 is 43.5 Å². The first-order valence-electron chi connectivity index (χ1n) is 3.28. The van der Waals surface area contributed by atoms with Gasteiger partial charge in [-0.05, 0) is 40.0 Å². The molecule has 0 N–H and O–H groups in total. The molecule has 0 saturated heterocycles. The van der Waals surface area contributed by atoms with Gasteiger partial charge in [0, 0.05) is 8.95 Å². The Hall–Kier alpha value is 0.470. The van der Waals surface area contributed by atoms with Gasteiger partial charge in [-0.1, -0.05) is 34.5 Å². The monoisotopic (exact) mass is 296 g/mol. The average Bonchev–Trinajstić information content (AvgIpc) is 1.96. The molecule has 0 bridgehead atoms. The molecular formula is C8H7Br2Cl. The van der Waals surface area contributed by atoms with E-state index in [9.17, 15) is 0 Å². The number of hydrogen-bond acceptors (Lipinski definition) is 0. The molecule has 0 saturated carbocycles. The van der Waals surface area contributed by atoms with Gasteiger partial charge in [0.25, 0.3) is 0 Å². The molecule has 0 amide bonds. The minimum absolute atomic E-state index is 0.815. The zero-order valence-corrected chi connectivity index (χ0v) is 9.92. The summed E-state index contributed by atoms with van der Waals surface area (Å²) in [6.45, 7) is 2.08. The summed E-state index contributed by atoms with van der Waals surface area (Å²) < 4.78 is 2.01. The molecule has 0 fully saturated rings. The van der Waals surface area contributed by atoms with Gasteiger partial charge in [-0.25, -0.2) is 0 Å². The largest absolute Gasteiger partial charge is 0.0828 e. The molecule has 60 valence electrons. The van der Waals surface area contributed by atoms with E-state index < -0.39 is 0 Å². The normalized spacial score (nSPS) is 10.2. The summed E-state index contributed by atoms with van der Waals surface area (Å²) in [4.78, 5) is 0. The highest BCUT2D eigenvalue weighted by molar-refractivity contribution is 9.11. The third kappa shape index (κ3) is 2.20. The van der Waals surface area contributed by atoms with Gasteiger partial charge in [-0.15, -0.1) is 0 Å². The third-order valence-corrected chi connectivity index (χ3v) is 3.21. The van der Waals surface area contributed by atoms with Crippen LogP contribution in [0.4, 0.5) is 0 Å². The molecular weight excluding hydrogens is 291 g/mol. The van der Waals surface area contributed by atoms with Crippen LogP contribution in [0.1, 0.15) is 12.5 Å². The van der Waals surface area contributed by atoms with Crippen molar-refractivity contribution in [2.45, 2.75) is 13.3 Å². The van der Waals surface area contributed by atoms with E-state index >= 15 is 0 Å². The zero-order chi connectivity index (χ0) is 8.43. The van der Waals surface area contributed by atoms with Crippen LogP contribution < -0.4 is 0 Å². The second-order valence-corrected chi connectivity index (χ2v) is 4.36. The average molecular weight is 298 g/mol. The molecule has 0 aliphatic carbocycles. The van der Waals surface area contributed by atoms with E-state index in [-0.39, 0.29) is 0 Å². The Balaban J connectivity index is 3.24. The fraction of sp³-hybridized carbons (Fsp3) is 0.250. The van der Waals surface area contributed by atoms with Gasteiger partial charge in [0.2, 0.25) is 0 Å². The van der Waals surface area contributed by atoms with E-state index in [1.165, 1.54) is 0 Å². The van der Waals surface area contributed by atoms with E-state index in [4.69, 9.17) is 11.6 Å². The summed E-state index contributed by atoms with van der Waals surface area (Å²) in [5.41, 5.74) is 1.16. The van der Waals surface area contributed by atoms with E-state index in [2.05, 4.69) is 38.8 Å². The van der Waals surface area contributed by atoms with Crippen molar-refractivity contribution < 1.29 is 0 Å². The molecule has 11 heavy (non-hydrogen) atoms. The Kier molecular flexibility index (Phi) is 3.41. The van der Waals surface area contributed by atoms with E-state index in [0.29, 0.717) is 0 Å². The smallest absolute Gasteiger partial charge is 0.0580 e. The number of benzene rings is 1. The van der Waals surface area contributed by atoms with Gasteiger partial charge in [-0.2, -0.15) is 0 Å². The van der Waals surface area contributed by atoms with Gasteiger partial charge in [0.05, 0.1) is 5.02 Å². The SMILES string of the molecule is CCc1cc(Br)cc(Br)c1Cl. The first-order valence-corrected chi connectivity index (χ1v) is 5.25. The van der Waals surface area contributed by atoms with Crippen molar-refractivity contribution in [1.29, 1.82) is 0 Å². The summed E-state index contributed by atoms with van der Waals surface area (Å²) >= 11 is 12.8. The van der Waals surface area contributed by atoms with Crippen LogP contribution in [0.15, 0.2) is 21.1 Å². The van der Waals surface area contributed by atoms with Gasteiger partial charge < -0.3 is 0 Å². The highest BCUT2D eigenvalue weighted by Crippen LogP contribution is 2.30. The highest BCUT2D eigenvalue weighted by atomic mass is 79.9. The first kappa shape index (κ1) is 9.56. The van der Waals surface area contributed by atoms with Crippen LogP contribution in [0.25, 0.3) is 0 Å². The number of aryl methyl sites for hydroxylation is 1. The maximum atomic E-state index is 6.00. The topological polar surface area (TPSA) is 0 Å². The van der Waals surface area contributed by atoms with E-state index in [0.717, 1.165) is 26.0 Å². The van der Waals surface area contributed by atoms with E-state index in [1.54, 1.807) is 0 Å². The van der Waals surface area contributed by atoms with Crippen LogP contribution in [-0.2, 0) is 6.42 Å². The Morgan fingerprint density at radius 1 is 1.36 bits per heavy atom. The van der Waals surface area contributed by atoms with Gasteiger partial charge >= 0.3 is 0 Å². The van der Waals surface area contributed by atoms with Gasteiger partial charge in [0.1, 0.15) is 0 Å². The maximum Gasteiger partial charge on any atom is 0.0580 e. The predicted molar refractivity (Wildman–Crippen MR) is 56.2 cm³/mol. The number of rotatable bonds is 1. The minimum Gasteiger partial charge on any atom is -0.0828 e. The third-order valence-electron chi connectivity index (χ3n) is 1.45. The molecule has 1 aromatic carbocycles. The predicted octanol–water partition coefficient (Wildman–Crippen LogP) is 4.43. The summed E-state index contributed by atoms with van der Waals surface area (Å²) in [5.74, 6) is 0. The summed E-state index contributed by atoms with van der Waals surface area (Å²) in [6, 6.07) is 3.98. The van der Waals surface area contributed by atoms with Crippen LogP contribution >= 0.6 is 43.5 Å². The Morgan fingerprint density at radius 2 is 2.00 bits per heavy atom. The van der Waals surface area contributed by atoms with E-state index in [1.807, 2.05) is 12.1 Å². The van der Waals surface area contributed by atoms with Crippen molar-refractivity contribution in [3.05, 3.63) is 31.7 Å².